The number of rotatable bonds is 6. The molecule has 0 spiro atoms. The number of methoxy groups -OCH3 is 2. The van der Waals surface area contributed by atoms with Gasteiger partial charge in [0, 0.05) is 22.4 Å². The zero-order valence-corrected chi connectivity index (χ0v) is 21.8. The van der Waals surface area contributed by atoms with E-state index in [2.05, 4.69) is 12.1 Å². The molecule has 7 heteroatoms. The van der Waals surface area contributed by atoms with Gasteiger partial charge < -0.3 is 9.47 Å². The predicted molar refractivity (Wildman–Crippen MR) is 152 cm³/mol. The molecular weight excluding hydrogens is 496 g/mol. The van der Waals surface area contributed by atoms with E-state index in [9.17, 15) is 0 Å². The Morgan fingerprint density at radius 2 is 1.45 bits per heavy atom. The molecule has 1 aliphatic heterocycles. The lowest BCUT2D eigenvalue weighted by Gasteiger charge is -2.23. The van der Waals surface area contributed by atoms with Crippen molar-refractivity contribution in [1.82, 2.24) is 9.97 Å². The molecule has 0 saturated heterocycles. The van der Waals surface area contributed by atoms with Gasteiger partial charge in [0.05, 0.1) is 37.2 Å². The van der Waals surface area contributed by atoms with E-state index < -0.39 is 0 Å². The van der Waals surface area contributed by atoms with Crippen LogP contribution >= 0.6 is 11.6 Å². The highest BCUT2D eigenvalue weighted by atomic mass is 35.5. The van der Waals surface area contributed by atoms with Gasteiger partial charge in [-0.3, -0.25) is 0 Å². The molecule has 5 aromatic rings. The van der Waals surface area contributed by atoms with Crippen LogP contribution in [0.3, 0.4) is 0 Å². The van der Waals surface area contributed by atoms with Crippen LogP contribution in [-0.4, -0.2) is 29.9 Å². The minimum absolute atomic E-state index is 0.0913. The van der Waals surface area contributed by atoms with Crippen LogP contribution in [0.25, 0.3) is 22.2 Å². The molecule has 6 rings (SSSR count). The van der Waals surface area contributed by atoms with Crippen molar-refractivity contribution in [3.8, 4) is 22.8 Å². The third-order valence-electron chi connectivity index (χ3n) is 6.73. The Bertz CT molecular complexity index is 1620. The van der Waals surface area contributed by atoms with E-state index in [4.69, 9.17) is 36.1 Å². The van der Waals surface area contributed by atoms with E-state index in [-0.39, 0.29) is 6.04 Å². The van der Waals surface area contributed by atoms with Crippen LogP contribution in [-0.2, 0) is 0 Å². The van der Waals surface area contributed by atoms with Crippen molar-refractivity contribution in [2.45, 2.75) is 12.5 Å². The fourth-order valence-corrected chi connectivity index (χ4v) is 4.92. The number of benzene rings is 4. The molecule has 0 unspecified atom stereocenters. The third kappa shape index (κ3) is 4.55. The Morgan fingerprint density at radius 3 is 2.13 bits per heavy atom. The summed E-state index contributed by atoms with van der Waals surface area (Å²) in [6.45, 7) is 0. The zero-order chi connectivity index (χ0) is 26.1. The molecule has 1 atom stereocenters. The first-order valence-electron chi connectivity index (χ1n) is 12.3. The molecule has 188 valence electrons. The summed E-state index contributed by atoms with van der Waals surface area (Å²) >= 11 is 6.37. The molecular formula is C31H25ClN4O2. The maximum Gasteiger partial charge on any atom is 0.247 e. The molecule has 2 heterocycles. The third-order valence-corrected chi connectivity index (χ3v) is 6.97. The van der Waals surface area contributed by atoms with Crippen LogP contribution < -0.4 is 14.5 Å². The molecule has 0 bridgehead atoms. The first kappa shape index (κ1) is 23.9. The van der Waals surface area contributed by atoms with Crippen molar-refractivity contribution >= 4 is 34.2 Å². The largest absolute Gasteiger partial charge is 0.497 e. The Balaban J connectivity index is 1.51. The van der Waals surface area contributed by atoms with Crippen LogP contribution in [0.4, 0.5) is 5.95 Å². The molecule has 1 aromatic heterocycles. The maximum absolute atomic E-state index is 6.37. The summed E-state index contributed by atoms with van der Waals surface area (Å²) in [5.74, 6) is 2.14. The quantitative estimate of drug-likeness (QED) is 0.235. The summed E-state index contributed by atoms with van der Waals surface area (Å²) < 4.78 is 10.7. The fourth-order valence-electron chi connectivity index (χ4n) is 4.75. The van der Waals surface area contributed by atoms with Gasteiger partial charge in [0.15, 0.2) is 0 Å². The van der Waals surface area contributed by atoms with Crippen molar-refractivity contribution in [2.24, 2.45) is 5.10 Å². The standard InChI is InChI=1S/C31H25ClN4O2/c1-37-24-13-8-20(9-14-24)28-19-29(21-10-15-25(38-2)16-11-21)36(35-28)31-33-27-17-12-23(32)18-26(27)30(34-31)22-6-4-3-5-7-22/h3-18,29H,19H2,1-2H3/t29-/m1/s1. The van der Waals surface area contributed by atoms with Gasteiger partial charge in [0.25, 0.3) is 0 Å². The summed E-state index contributed by atoms with van der Waals surface area (Å²) in [5.41, 5.74) is 5.69. The van der Waals surface area contributed by atoms with Crippen LogP contribution in [0.15, 0.2) is 102 Å². The Hall–Kier alpha value is -4.42. The number of aromatic nitrogens is 2. The van der Waals surface area contributed by atoms with Crippen LogP contribution in [0.2, 0.25) is 5.02 Å². The molecule has 38 heavy (non-hydrogen) atoms. The number of nitrogens with zero attached hydrogens (tertiary/aromatic N) is 4. The average Bonchev–Trinajstić information content (AvgIpc) is 3.43. The predicted octanol–water partition coefficient (Wildman–Crippen LogP) is 7.32. The SMILES string of the molecule is COc1ccc(C2=NN(c3nc(-c4ccccc4)c4cc(Cl)ccc4n3)[C@@H](c3ccc(OC)cc3)C2)cc1. The second kappa shape index (κ2) is 10.1. The van der Waals surface area contributed by atoms with E-state index in [1.165, 1.54) is 0 Å². The molecule has 0 N–H and O–H groups in total. The Kier molecular flexibility index (Phi) is 6.40. The minimum atomic E-state index is -0.0913. The smallest absolute Gasteiger partial charge is 0.247 e. The lowest BCUT2D eigenvalue weighted by Crippen LogP contribution is -2.21. The second-order valence-electron chi connectivity index (χ2n) is 9.01. The second-order valence-corrected chi connectivity index (χ2v) is 9.45. The lowest BCUT2D eigenvalue weighted by molar-refractivity contribution is 0.414. The number of fused-ring (bicyclic) bond motifs is 1. The van der Waals surface area contributed by atoms with Crippen LogP contribution in [0.5, 0.6) is 11.5 Å². The van der Waals surface area contributed by atoms with Gasteiger partial charge in [0.2, 0.25) is 5.95 Å². The number of ether oxygens (including phenoxy) is 2. The van der Waals surface area contributed by atoms with Crippen LogP contribution in [0.1, 0.15) is 23.6 Å². The maximum atomic E-state index is 6.37. The molecule has 1 aliphatic rings. The average molecular weight is 521 g/mol. The van der Waals surface area contributed by atoms with E-state index >= 15 is 0 Å². The van der Waals surface area contributed by atoms with Crippen molar-refractivity contribution in [3.05, 3.63) is 113 Å². The van der Waals surface area contributed by atoms with Crippen molar-refractivity contribution in [1.29, 1.82) is 0 Å². The van der Waals surface area contributed by atoms with Crippen molar-refractivity contribution in [3.63, 3.8) is 0 Å². The van der Waals surface area contributed by atoms with Crippen molar-refractivity contribution in [2.75, 3.05) is 19.2 Å². The summed E-state index contributed by atoms with van der Waals surface area (Å²) in [6, 6.07) is 31.8. The minimum Gasteiger partial charge on any atom is -0.497 e. The van der Waals surface area contributed by atoms with Crippen molar-refractivity contribution < 1.29 is 9.47 Å². The molecule has 6 nitrogen and oxygen atoms in total. The normalized spacial score (nSPS) is 15.0. The molecule has 0 radical (unpaired) electrons. The highest BCUT2D eigenvalue weighted by Gasteiger charge is 2.32. The summed E-state index contributed by atoms with van der Waals surface area (Å²) in [7, 11) is 3.33. The first-order valence-corrected chi connectivity index (χ1v) is 12.7. The van der Waals surface area contributed by atoms with Gasteiger partial charge in [-0.2, -0.15) is 5.10 Å². The van der Waals surface area contributed by atoms with Gasteiger partial charge in [-0.25, -0.2) is 15.0 Å². The Labute approximate surface area is 226 Å². The van der Waals surface area contributed by atoms with Gasteiger partial charge in [-0.15, -0.1) is 0 Å². The number of halogens is 1. The highest BCUT2D eigenvalue weighted by Crippen LogP contribution is 2.38. The topological polar surface area (TPSA) is 59.8 Å². The van der Waals surface area contributed by atoms with E-state index in [0.29, 0.717) is 17.4 Å². The lowest BCUT2D eigenvalue weighted by atomic mass is 9.98. The molecule has 0 saturated carbocycles. The zero-order valence-electron chi connectivity index (χ0n) is 21.0. The van der Waals surface area contributed by atoms with E-state index in [1.807, 2.05) is 89.9 Å². The summed E-state index contributed by atoms with van der Waals surface area (Å²) in [4.78, 5) is 10.0. The molecule has 4 aromatic carbocycles. The number of hydrogen-bond acceptors (Lipinski definition) is 6. The van der Waals surface area contributed by atoms with Gasteiger partial charge >= 0.3 is 0 Å². The monoisotopic (exact) mass is 520 g/mol. The van der Waals surface area contributed by atoms with E-state index in [0.717, 1.165) is 50.5 Å². The summed E-state index contributed by atoms with van der Waals surface area (Å²) in [5, 5.41) is 8.54. The fraction of sp³-hybridized carbons (Fsp3) is 0.129. The van der Waals surface area contributed by atoms with Gasteiger partial charge in [-0.1, -0.05) is 54.1 Å². The number of hydrogen-bond donors (Lipinski definition) is 0. The van der Waals surface area contributed by atoms with E-state index in [1.54, 1.807) is 14.2 Å². The highest BCUT2D eigenvalue weighted by molar-refractivity contribution is 6.31. The van der Waals surface area contributed by atoms with Gasteiger partial charge in [0.1, 0.15) is 11.5 Å². The molecule has 0 amide bonds. The molecule has 0 aliphatic carbocycles. The summed E-state index contributed by atoms with van der Waals surface area (Å²) in [6.07, 6.45) is 0.696. The van der Waals surface area contributed by atoms with Gasteiger partial charge in [-0.05, 0) is 65.7 Å². The number of anilines is 1. The molecule has 0 fully saturated rings. The van der Waals surface area contributed by atoms with Crippen LogP contribution in [0, 0.1) is 0 Å². The Morgan fingerprint density at radius 1 is 0.763 bits per heavy atom. The number of hydrazone groups is 1. The first-order chi connectivity index (χ1) is 18.6.